The Balaban J connectivity index is 1.62. The zero-order valence-corrected chi connectivity index (χ0v) is 14.9. The molecular weight excluding hydrogens is 338 g/mol. The van der Waals surface area contributed by atoms with Crippen LogP contribution in [0.1, 0.15) is 31.4 Å². The van der Waals surface area contributed by atoms with Gasteiger partial charge in [0.25, 0.3) is 0 Å². The van der Waals surface area contributed by atoms with Gasteiger partial charge >= 0.3 is 0 Å². The van der Waals surface area contributed by atoms with Crippen LogP contribution in [0.25, 0.3) is 33.3 Å². The quantitative estimate of drug-likeness (QED) is 0.571. The van der Waals surface area contributed by atoms with Gasteiger partial charge in [0.2, 0.25) is 0 Å². The van der Waals surface area contributed by atoms with Gasteiger partial charge in [-0.1, -0.05) is 13.0 Å². The Kier molecular flexibility index (Phi) is 3.52. The summed E-state index contributed by atoms with van der Waals surface area (Å²) in [5, 5.41) is 21.3. The van der Waals surface area contributed by atoms with Gasteiger partial charge in [0.05, 0.1) is 29.1 Å². The molecule has 3 aromatic heterocycles. The fourth-order valence-electron chi connectivity index (χ4n) is 4.23. The van der Waals surface area contributed by atoms with Crippen LogP contribution in [0.3, 0.4) is 0 Å². The molecule has 0 amide bonds. The van der Waals surface area contributed by atoms with Gasteiger partial charge in [0, 0.05) is 28.5 Å². The van der Waals surface area contributed by atoms with E-state index in [0.29, 0.717) is 11.5 Å². The van der Waals surface area contributed by atoms with Crippen molar-refractivity contribution in [3.8, 4) is 17.5 Å². The molecule has 0 radical (unpaired) electrons. The highest BCUT2D eigenvalue weighted by Gasteiger charge is 2.31. The van der Waals surface area contributed by atoms with Crippen molar-refractivity contribution in [2.75, 3.05) is 0 Å². The van der Waals surface area contributed by atoms with E-state index in [2.05, 4.69) is 44.8 Å². The Morgan fingerprint density at radius 1 is 1.22 bits per heavy atom. The maximum absolute atomic E-state index is 10.1. The normalized spacial score (nSPS) is 22.5. The molecule has 0 unspecified atom stereocenters. The Morgan fingerprint density at radius 2 is 2.11 bits per heavy atom. The van der Waals surface area contributed by atoms with Crippen molar-refractivity contribution in [3.05, 3.63) is 48.4 Å². The predicted octanol–water partition coefficient (Wildman–Crippen LogP) is 3.78. The SMILES string of the molecule is C[C@H]1C[C@@H](n2ccc3c(-c4cc5ccc(C#N)cc5[nH]4)ncnc32)C[C@@H]1O. The van der Waals surface area contributed by atoms with E-state index < -0.39 is 0 Å². The Bertz CT molecular complexity index is 1190. The summed E-state index contributed by atoms with van der Waals surface area (Å²) >= 11 is 0. The molecule has 27 heavy (non-hydrogen) atoms. The van der Waals surface area contributed by atoms with Crippen LogP contribution in [0.2, 0.25) is 0 Å². The van der Waals surface area contributed by atoms with Crippen molar-refractivity contribution in [2.45, 2.75) is 31.9 Å². The summed E-state index contributed by atoms with van der Waals surface area (Å²) in [5.41, 5.74) is 4.19. The van der Waals surface area contributed by atoms with Crippen LogP contribution in [0.5, 0.6) is 0 Å². The molecule has 0 saturated heterocycles. The Labute approximate surface area is 156 Å². The lowest BCUT2D eigenvalue weighted by Gasteiger charge is -2.13. The molecule has 5 rings (SSSR count). The number of fused-ring (bicyclic) bond motifs is 2. The van der Waals surface area contributed by atoms with E-state index in [-0.39, 0.29) is 12.1 Å². The summed E-state index contributed by atoms with van der Waals surface area (Å²) in [7, 11) is 0. The molecule has 4 aromatic rings. The third-order valence-electron chi connectivity index (χ3n) is 5.72. The van der Waals surface area contributed by atoms with Crippen LogP contribution in [0.4, 0.5) is 0 Å². The molecule has 1 fully saturated rings. The monoisotopic (exact) mass is 357 g/mol. The molecule has 1 aromatic carbocycles. The second kappa shape index (κ2) is 5.93. The molecule has 6 nitrogen and oxygen atoms in total. The molecule has 134 valence electrons. The molecule has 1 aliphatic rings. The maximum atomic E-state index is 10.1. The van der Waals surface area contributed by atoms with Gasteiger partial charge in [0.1, 0.15) is 12.0 Å². The number of aromatic nitrogens is 4. The largest absolute Gasteiger partial charge is 0.393 e. The van der Waals surface area contributed by atoms with Crippen molar-refractivity contribution < 1.29 is 5.11 Å². The van der Waals surface area contributed by atoms with Crippen LogP contribution < -0.4 is 0 Å². The lowest BCUT2D eigenvalue weighted by Crippen LogP contribution is -2.08. The van der Waals surface area contributed by atoms with E-state index in [1.54, 1.807) is 6.33 Å². The van der Waals surface area contributed by atoms with Crippen molar-refractivity contribution in [2.24, 2.45) is 5.92 Å². The van der Waals surface area contributed by atoms with Gasteiger partial charge in [-0.25, -0.2) is 9.97 Å². The van der Waals surface area contributed by atoms with E-state index in [1.165, 1.54) is 0 Å². The molecule has 1 aliphatic carbocycles. The van der Waals surface area contributed by atoms with E-state index in [1.807, 2.05) is 24.3 Å². The number of benzene rings is 1. The summed E-state index contributed by atoms with van der Waals surface area (Å²) in [5.74, 6) is 0.303. The van der Waals surface area contributed by atoms with Gasteiger partial charge in [-0.05, 0) is 43.0 Å². The number of aliphatic hydroxyl groups excluding tert-OH is 1. The summed E-state index contributed by atoms with van der Waals surface area (Å²) in [6, 6.07) is 12.1. The number of aliphatic hydroxyl groups is 1. The second-order valence-electron chi connectivity index (χ2n) is 7.45. The van der Waals surface area contributed by atoms with Crippen molar-refractivity contribution in [1.82, 2.24) is 19.5 Å². The van der Waals surface area contributed by atoms with E-state index >= 15 is 0 Å². The molecule has 2 N–H and O–H groups in total. The molecule has 3 atom stereocenters. The van der Waals surface area contributed by atoms with E-state index in [0.717, 1.165) is 46.2 Å². The van der Waals surface area contributed by atoms with Crippen LogP contribution in [0, 0.1) is 17.2 Å². The molecule has 0 aliphatic heterocycles. The van der Waals surface area contributed by atoms with Gasteiger partial charge < -0.3 is 14.7 Å². The van der Waals surface area contributed by atoms with Gasteiger partial charge in [-0.3, -0.25) is 0 Å². The van der Waals surface area contributed by atoms with Crippen LogP contribution in [-0.2, 0) is 0 Å². The Morgan fingerprint density at radius 3 is 2.89 bits per heavy atom. The first-order chi connectivity index (χ1) is 13.1. The topological polar surface area (TPSA) is 90.5 Å². The standard InChI is InChI=1S/C21H19N5O/c1-12-6-15(9-19(12)27)26-5-4-16-20(23-11-24-21(16)26)18-8-14-3-2-13(10-22)7-17(14)25-18/h2-5,7-8,11-12,15,19,25,27H,6,9H2,1H3/t12-,15+,19-/m0/s1. The first-order valence-electron chi connectivity index (χ1n) is 9.17. The van der Waals surface area contributed by atoms with Crippen LogP contribution in [0.15, 0.2) is 42.9 Å². The summed E-state index contributed by atoms with van der Waals surface area (Å²) in [4.78, 5) is 12.4. The summed E-state index contributed by atoms with van der Waals surface area (Å²) in [6.45, 7) is 2.09. The molecule has 6 heteroatoms. The predicted molar refractivity (Wildman–Crippen MR) is 103 cm³/mol. The van der Waals surface area contributed by atoms with E-state index in [4.69, 9.17) is 5.26 Å². The van der Waals surface area contributed by atoms with Gasteiger partial charge in [-0.2, -0.15) is 5.26 Å². The fraction of sp³-hybridized carbons (Fsp3) is 0.286. The van der Waals surface area contributed by atoms with Crippen LogP contribution in [-0.4, -0.2) is 30.7 Å². The Hall–Kier alpha value is -3.17. The van der Waals surface area contributed by atoms with Gasteiger partial charge in [-0.15, -0.1) is 0 Å². The molecular formula is C21H19N5O. The number of nitrogens with one attached hydrogen (secondary N) is 1. The first kappa shape index (κ1) is 16.0. The number of H-pyrrole nitrogens is 1. The average molecular weight is 357 g/mol. The molecule has 0 bridgehead atoms. The summed E-state index contributed by atoms with van der Waals surface area (Å²) < 4.78 is 2.17. The molecule has 0 spiro atoms. The number of aromatic amines is 1. The number of hydrogen-bond donors (Lipinski definition) is 2. The highest BCUT2D eigenvalue weighted by molar-refractivity contribution is 5.94. The number of nitriles is 1. The zero-order valence-electron chi connectivity index (χ0n) is 14.9. The minimum Gasteiger partial charge on any atom is -0.393 e. The second-order valence-corrected chi connectivity index (χ2v) is 7.45. The lowest BCUT2D eigenvalue weighted by molar-refractivity contribution is 0.139. The van der Waals surface area contributed by atoms with Crippen molar-refractivity contribution in [3.63, 3.8) is 0 Å². The molecule has 3 heterocycles. The third kappa shape index (κ3) is 2.51. The minimum atomic E-state index is -0.253. The van der Waals surface area contributed by atoms with Crippen LogP contribution >= 0.6 is 0 Å². The average Bonchev–Trinajstić information content (AvgIpc) is 3.37. The third-order valence-corrected chi connectivity index (χ3v) is 5.72. The van der Waals surface area contributed by atoms with E-state index in [9.17, 15) is 5.11 Å². The number of nitrogens with zero attached hydrogens (tertiary/aromatic N) is 4. The summed E-state index contributed by atoms with van der Waals surface area (Å²) in [6.07, 6.45) is 5.10. The lowest BCUT2D eigenvalue weighted by atomic mass is 10.1. The van der Waals surface area contributed by atoms with Crippen molar-refractivity contribution in [1.29, 1.82) is 5.26 Å². The minimum absolute atomic E-state index is 0.253. The smallest absolute Gasteiger partial charge is 0.144 e. The number of hydrogen-bond acceptors (Lipinski definition) is 4. The zero-order chi connectivity index (χ0) is 18.5. The molecule has 1 saturated carbocycles. The van der Waals surface area contributed by atoms with Gasteiger partial charge in [0.15, 0.2) is 0 Å². The first-order valence-corrected chi connectivity index (χ1v) is 9.17. The highest BCUT2D eigenvalue weighted by Crippen LogP contribution is 2.37. The fourth-order valence-corrected chi connectivity index (χ4v) is 4.23. The van der Waals surface area contributed by atoms with Crippen molar-refractivity contribution >= 4 is 21.9 Å². The highest BCUT2D eigenvalue weighted by atomic mass is 16.3. The number of rotatable bonds is 2. The maximum Gasteiger partial charge on any atom is 0.144 e.